The van der Waals surface area contributed by atoms with Gasteiger partial charge in [-0.1, -0.05) is 45.4 Å². The van der Waals surface area contributed by atoms with E-state index in [2.05, 4.69) is 17.9 Å². The molecule has 348 valence electrons. The van der Waals surface area contributed by atoms with Crippen molar-refractivity contribution in [2.75, 3.05) is 39.8 Å². The molecule has 2 bridgehead atoms. The number of ketones is 2. The number of likely N-dealkylation sites (N-methyl/N-ethyl adjacent to an activating group) is 1. The van der Waals surface area contributed by atoms with Crippen LogP contribution in [-0.4, -0.2) is 128 Å². The van der Waals surface area contributed by atoms with Crippen LogP contribution in [0, 0.1) is 29.6 Å². The lowest BCUT2D eigenvalue weighted by atomic mass is 9.80. The summed E-state index contributed by atoms with van der Waals surface area (Å²) in [6.07, 6.45) is 6.88. The number of cyclic esters (lactones) is 1. The van der Waals surface area contributed by atoms with E-state index >= 15 is 0 Å². The van der Waals surface area contributed by atoms with Gasteiger partial charge in [0, 0.05) is 65.2 Å². The van der Waals surface area contributed by atoms with E-state index in [1.807, 2.05) is 46.0 Å². The molecule has 1 aromatic rings. The molecule has 5 rings (SSSR count). The van der Waals surface area contributed by atoms with Gasteiger partial charge in [-0.3, -0.25) is 14.4 Å². The van der Waals surface area contributed by atoms with Crippen molar-refractivity contribution in [1.82, 2.24) is 4.90 Å². The Morgan fingerprint density at radius 3 is 2.31 bits per heavy atom. The van der Waals surface area contributed by atoms with Crippen LogP contribution in [0.1, 0.15) is 112 Å². The Balaban J connectivity index is 1.50. The maximum atomic E-state index is 14.5. The number of carbonyl (C=O) groups excluding carboxylic acids is 4. The van der Waals surface area contributed by atoms with Crippen LogP contribution in [0.4, 0.5) is 5.88 Å². The summed E-state index contributed by atoms with van der Waals surface area (Å²) >= 11 is 0. The van der Waals surface area contributed by atoms with Gasteiger partial charge in [0.25, 0.3) is 11.7 Å². The number of esters is 1. The standard InChI is InChI=1S/C48H74N2O12/c1-11-34-22-28(2)21-29(3)23-40(58-9)44-41(59-10)25-31(5)48(56,62-44)45(53)46(54)50-19-13-12-15-36(50)47(55)61-43(32(6)37(51)27-38(34)52)30(4)24-33-17-18-35(39(26-33)57-8)49(7)42-16-14-20-60-42/h14,16,20,22,24,29,31-37,39-41,43-44,51,56H,11-13,15,17-19,21,23,25-27H2,1-10H3/b28-22+,30-24?. The quantitative estimate of drug-likeness (QED) is 0.172. The number of amides is 1. The highest BCUT2D eigenvalue weighted by Gasteiger charge is 2.56. The Kier molecular flexibility index (Phi) is 17.6. The zero-order chi connectivity index (χ0) is 45.5. The molecule has 1 amide bonds. The number of anilines is 1. The van der Waals surface area contributed by atoms with Crippen LogP contribution in [-0.2, 0) is 42.9 Å². The van der Waals surface area contributed by atoms with Gasteiger partial charge < -0.3 is 48.1 Å². The van der Waals surface area contributed by atoms with Gasteiger partial charge in [-0.25, -0.2) is 4.79 Å². The molecule has 14 heteroatoms. The number of ether oxygens (including phenoxy) is 5. The molecule has 62 heavy (non-hydrogen) atoms. The van der Waals surface area contributed by atoms with Gasteiger partial charge in [0.15, 0.2) is 5.88 Å². The first kappa shape index (κ1) is 49.6. The molecular formula is C48H74N2O12. The Hall–Kier alpha value is -3.40. The highest BCUT2D eigenvalue weighted by Crippen LogP contribution is 2.40. The van der Waals surface area contributed by atoms with Crippen molar-refractivity contribution in [3.8, 4) is 0 Å². The minimum absolute atomic E-state index is 0.0355. The normalized spacial score (nSPS) is 38.6. The lowest BCUT2D eigenvalue weighted by Crippen LogP contribution is -2.64. The summed E-state index contributed by atoms with van der Waals surface area (Å²) in [7, 11) is 6.78. The van der Waals surface area contributed by atoms with Gasteiger partial charge in [-0.05, 0) is 102 Å². The Labute approximate surface area is 368 Å². The molecule has 3 aliphatic heterocycles. The second-order valence-corrected chi connectivity index (χ2v) is 18.7. The largest absolute Gasteiger partial charge is 0.456 e. The SMILES string of the molecule is CCC1/C=C(\C)CC(C)CC(OC)C2OC(O)(C(=O)C(=O)N3CCCCC3C(=O)OC(C(C)=CC3CCC(N(C)c4ccco4)C(OC)C3)C(C)C(O)CC1=O)C(C)CC2OC. The average Bonchev–Trinajstić information content (AvgIpc) is 3.81. The topological polar surface area (TPSA) is 175 Å². The number of hydrogen-bond donors (Lipinski definition) is 2. The number of aliphatic hydroxyl groups is 2. The van der Waals surface area contributed by atoms with Crippen molar-refractivity contribution in [3.05, 3.63) is 41.7 Å². The molecular weight excluding hydrogens is 797 g/mol. The molecule has 14 nitrogen and oxygen atoms in total. The van der Waals surface area contributed by atoms with Gasteiger partial charge in [-0.15, -0.1) is 0 Å². The van der Waals surface area contributed by atoms with E-state index in [1.54, 1.807) is 27.2 Å². The van der Waals surface area contributed by atoms with E-state index in [0.717, 1.165) is 24.3 Å². The number of nitrogens with zero attached hydrogens (tertiary/aromatic N) is 2. The fourth-order valence-electron chi connectivity index (χ4n) is 10.5. The van der Waals surface area contributed by atoms with Gasteiger partial charge in [0.05, 0.1) is 36.7 Å². The van der Waals surface area contributed by atoms with Gasteiger partial charge >= 0.3 is 5.97 Å². The molecule has 0 radical (unpaired) electrons. The lowest BCUT2D eigenvalue weighted by molar-refractivity contribution is -0.302. The molecule has 3 fully saturated rings. The number of methoxy groups -OCH3 is 3. The van der Waals surface area contributed by atoms with Gasteiger partial charge in [0.1, 0.15) is 24.0 Å². The maximum Gasteiger partial charge on any atom is 0.329 e. The minimum atomic E-state index is -2.50. The van der Waals surface area contributed by atoms with Crippen LogP contribution in [0.15, 0.2) is 46.1 Å². The summed E-state index contributed by atoms with van der Waals surface area (Å²) < 4.78 is 36.1. The van der Waals surface area contributed by atoms with Gasteiger partial charge in [0.2, 0.25) is 5.79 Å². The first-order valence-electron chi connectivity index (χ1n) is 22.8. The zero-order valence-electron chi connectivity index (χ0n) is 38.7. The number of aliphatic hydroxyl groups excluding tert-OH is 1. The monoisotopic (exact) mass is 871 g/mol. The first-order valence-corrected chi connectivity index (χ1v) is 22.8. The van der Waals surface area contributed by atoms with Crippen molar-refractivity contribution < 1.29 is 57.5 Å². The number of hydrogen-bond acceptors (Lipinski definition) is 13. The Bertz CT molecular complexity index is 1730. The third-order valence-electron chi connectivity index (χ3n) is 14.2. The summed E-state index contributed by atoms with van der Waals surface area (Å²) in [6, 6.07) is 2.73. The molecule has 4 heterocycles. The van der Waals surface area contributed by atoms with Crippen LogP contribution >= 0.6 is 0 Å². The molecule has 1 aliphatic carbocycles. The third-order valence-corrected chi connectivity index (χ3v) is 14.2. The van der Waals surface area contributed by atoms with Crippen molar-refractivity contribution in [2.24, 2.45) is 29.6 Å². The fourth-order valence-corrected chi connectivity index (χ4v) is 10.5. The van der Waals surface area contributed by atoms with E-state index in [0.29, 0.717) is 44.1 Å². The van der Waals surface area contributed by atoms with E-state index in [1.165, 1.54) is 19.1 Å². The predicted molar refractivity (Wildman–Crippen MR) is 233 cm³/mol. The van der Waals surface area contributed by atoms with E-state index in [4.69, 9.17) is 28.1 Å². The molecule has 1 aromatic heterocycles. The van der Waals surface area contributed by atoms with Crippen LogP contribution in [0.25, 0.3) is 0 Å². The number of fused-ring (bicyclic) bond motifs is 3. The number of Topliss-reactive ketones (excluding diaryl/α,β-unsaturated/α-hetero) is 2. The van der Waals surface area contributed by atoms with E-state index in [-0.39, 0.29) is 55.6 Å². The van der Waals surface area contributed by atoms with Crippen molar-refractivity contribution in [1.29, 1.82) is 0 Å². The van der Waals surface area contributed by atoms with Crippen LogP contribution in [0.5, 0.6) is 0 Å². The second kappa shape index (κ2) is 22.0. The van der Waals surface area contributed by atoms with E-state index < -0.39 is 77.8 Å². The minimum Gasteiger partial charge on any atom is -0.456 e. The Morgan fingerprint density at radius 2 is 1.66 bits per heavy atom. The van der Waals surface area contributed by atoms with Gasteiger partial charge in [-0.2, -0.15) is 0 Å². The van der Waals surface area contributed by atoms with Crippen molar-refractivity contribution in [2.45, 2.75) is 167 Å². The summed E-state index contributed by atoms with van der Waals surface area (Å²) in [5.41, 5.74) is 1.71. The van der Waals surface area contributed by atoms with Crippen LogP contribution < -0.4 is 4.90 Å². The molecule has 14 unspecified atom stereocenters. The molecule has 2 saturated heterocycles. The van der Waals surface area contributed by atoms with Crippen molar-refractivity contribution in [3.63, 3.8) is 0 Å². The second-order valence-electron chi connectivity index (χ2n) is 18.7. The summed E-state index contributed by atoms with van der Waals surface area (Å²) in [6.45, 7) is 11.4. The van der Waals surface area contributed by atoms with E-state index in [9.17, 15) is 29.4 Å². The number of allylic oxidation sites excluding steroid dienone is 3. The summed E-state index contributed by atoms with van der Waals surface area (Å²) in [4.78, 5) is 60.4. The molecule has 14 atom stereocenters. The average molecular weight is 871 g/mol. The number of furan rings is 1. The van der Waals surface area contributed by atoms with Crippen LogP contribution in [0.3, 0.4) is 0 Å². The maximum absolute atomic E-state index is 14.5. The molecule has 1 saturated carbocycles. The molecule has 0 spiro atoms. The highest BCUT2D eigenvalue weighted by atomic mass is 16.7. The fraction of sp³-hybridized carbons (Fsp3) is 0.750. The van der Waals surface area contributed by atoms with Crippen molar-refractivity contribution >= 4 is 29.3 Å². The first-order chi connectivity index (χ1) is 29.5. The Morgan fingerprint density at radius 1 is 0.968 bits per heavy atom. The molecule has 2 N–H and O–H groups in total. The molecule has 4 aliphatic rings. The lowest BCUT2D eigenvalue weighted by Gasteiger charge is -2.47. The van der Waals surface area contributed by atoms with Crippen LogP contribution in [0.2, 0.25) is 0 Å². The highest BCUT2D eigenvalue weighted by molar-refractivity contribution is 6.39. The third kappa shape index (κ3) is 11.3. The summed E-state index contributed by atoms with van der Waals surface area (Å²) in [5, 5.41) is 23.9. The zero-order valence-corrected chi connectivity index (χ0v) is 38.7. The summed E-state index contributed by atoms with van der Waals surface area (Å²) in [5.74, 6) is -6.63. The number of piperidine rings is 1. The smallest absolute Gasteiger partial charge is 0.329 e. The number of rotatable bonds is 8. The number of carbonyl (C=O) groups is 4. The predicted octanol–water partition coefficient (Wildman–Crippen LogP) is 6.21. The molecule has 0 aromatic carbocycles.